The molecule has 1 aromatic rings. The van der Waals surface area contributed by atoms with Crippen molar-refractivity contribution in [3.8, 4) is 0 Å². The number of hydrogen-bond donors (Lipinski definition) is 1. The number of carbonyl (C=O) groups excluding carboxylic acids is 2. The molecular weight excluding hydrogens is 280 g/mol. The van der Waals surface area contributed by atoms with Crippen LogP contribution in [-0.2, 0) is 10.3 Å². The number of amides is 3. The van der Waals surface area contributed by atoms with Gasteiger partial charge < -0.3 is 5.32 Å². The molecule has 20 heavy (non-hydrogen) atoms. The Morgan fingerprint density at radius 1 is 1.45 bits per heavy atom. The lowest BCUT2D eigenvalue weighted by molar-refractivity contribution is -0.126. The van der Waals surface area contributed by atoms with Crippen molar-refractivity contribution >= 4 is 23.7 Å². The third-order valence-electron chi connectivity index (χ3n) is 2.83. The van der Waals surface area contributed by atoms with Gasteiger partial charge in [0, 0.05) is 13.1 Å². The van der Waals surface area contributed by atoms with Gasteiger partial charge in [0.05, 0.1) is 10.8 Å². The highest BCUT2D eigenvalue weighted by molar-refractivity contribution is 8.00. The molecule has 1 saturated heterocycles. The van der Waals surface area contributed by atoms with E-state index in [0.29, 0.717) is 18.2 Å². The van der Waals surface area contributed by atoms with Crippen molar-refractivity contribution < 1.29 is 9.59 Å². The summed E-state index contributed by atoms with van der Waals surface area (Å²) in [4.78, 5) is 24.9. The number of hydrogen-bond acceptors (Lipinski definition) is 6. The van der Waals surface area contributed by atoms with Crippen molar-refractivity contribution in [3.05, 3.63) is 0 Å². The fourth-order valence-electron chi connectivity index (χ4n) is 1.78. The molecule has 0 aromatic carbocycles. The Balaban J connectivity index is 2.08. The number of nitrogens with one attached hydrogen (secondary N) is 1. The van der Waals surface area contributed by atoms with Crippen LogP contribution in [0.3, 0.4) is 0 Å². The largest absolute Gasteiger partial charge is 0.336 e. The van der Waals surface area contributed by atoms with Gasteiger partial charge in [0.2, 0.25) is 11.1 Å². The van der Waals surface area contributed by atoms with Gasteiger partial charge in [-0.25, -0.2) is 9.48 Å². The van der Waals surface area contributed by atoms with E-state index in [0.717, 1.165) is 0 Å². The summed E-state index contributed by atoms with van der Waals surface area (Å²) in [6, 6.07) is -0.335. The molecule has 0 saturated carbocycles. The SMILES string of the molecule is C[C@@H](Sc1nnnn1C(C)(C)C)C(=O)N1CCNC1=O. The highest BCUT2D eigenvalue weighted by atomic mass is 32.2. The minimum Gasteiger partial charge on any atom is -0.336 e. The van der Waals surface area contributed by atoms with E-state index in [9.17, 15) is 9.59 Å². The van der Waals surface area contributed by atoms with Gasteiger partial charge in [-0.05, 0) is 38.1 Å². The molecule has 9 heteroatoms. The monoisotopic (exact) mass is 298 g/mol. The molecule has 2 heterocycles. The van der Waals surface area contributed by atoms with Crippen molar-refractivity contribution in [2.24, 2.45) is 0 Å². The molecule has 3 amide bonds. The van der Waals surface area contributed by atoms with E-state index in [1.165, 1.54) is 16.7 Å². The van der Waals surface area contributed by atoms with Gasteiger partial charge >= 0.3 is 6.03 Å². The van der Waals surface area contributed by atoms with E-state index in [1.807, 2.05) is 20.8 Å². The molecule has 2 rings (SSSR count). The fourth-order valence-corrected chi connectivity index (χ4v) is 2.82. The smallest absolute Gasteiger partial charge is 0.324 e. The van der Waals surface area contributed by atoms with Crippen LogP contribution in [0.25, 0.3) is 0 Å². The van der Waals surface area contributed by atoms with Crippen molar-refractivity contribution in [1.29, 1.82) is 0 Å². The molecule has 8 nitrogen and oxygen atoms in total. The molecule has 1 aliphatic heterocycles. The number of nitrogens with zero attached hydrogens (tertiary/aromatic N) is 5. The summed E-state index contributed by atoms with van der Waals surface area (Å²) in [7, 11) is 0. The minimum atomic E-state index is -0.425. The second kappa shape index (κ2) is 5.39. The molecule has 1 aliphatic rings. The average Bonchev–Trinajstić information content (AvgIpc) is 2.96. The molecule has 110 valence electrons. The molecular formula is C11H18N6O2S. The van der Waals surface area contributed by atoms with E-state index >= 15 is 0 Å². The predicted octanol–water partition coefficient (Wildman–Crippen LogP) is 0.460. The highest BCUT2D eigenvalue weighted by Crippen LogP contribution is 2.26. The predicted molar refractivity (Wildman–Crippen MR) is 73.2 cm³/mol. The van der Waals surface area contributed by atoms with Crippen LogP contribution in [0.1, 0.15) is 27.7 Å². The lowest BCUT2D eigenvalue weighted by Gasteiger charge is -2.21. The molecule has 0 aliphatic carbocycles. The van der Waals surface area contributed by atoms with Crippen LogP contribution < -0.4 is 5.32 Å². The van der Waals surface area contributed by atoms with Crippen molar-refractivity contribution in [3.63, 3.8) is 0 Å². The molecule has 1 atom stereocenters. The van der Waals surface area contributed by atoms with Gasteiger partial charge in [-0.3, -0.25) is 9.69 Å². The molecule has 0 unspecified atom stereocenters. The molecule has 0 bridgehead atoms. The van der Waals surface area contributed by atoms with E-state index in [1.54, 1.807) is 11.6 Å². The number of imide groups is 1. The van der Waals surface area contributed by atoms with Crippen LogP contribution in [0.2, 0.25) is 0 Å². The lowest BCUT2D eigenvalue weighted by atomic mass is 10.1. The van der Waals surface area contributed by atoms with Crippen LogP contribution >= 0.6 is 11.8 Å². The lowest BCUT2D eigenvalue weighted by Crippen LogP contribution is -2.39. The number of aromatic nitrogens is 4. The molecule has 0 spiro atoms. The zero-order valence-corrected chi connectivity index (χ0v) is 12.8. The standard InChI is InChI=1S/C11H18N6O2S/c1-7(8(18)16-6-5-12-9(16)19)20-10-13-14-15-17(10)11(2,3)4/h7H,5-6H2,1-4H3,(H,12,19)/t7-/m1/s1. The molecule has 1 fully saturated rings. The van der Waals surface area contributed by atoms with Gasteiger partial charge in [-0.15, -0.1) is 5.10 Å². The molecule has 1 aromatic heterocycles. The highest BCUT2D eigenvalue weighted by Gasteiger charge is 2.32. The normalized spacial score (nSPS) is 17.2. The zero-order valence-electron chi connectivity index (χ0n) is 12.0. The third kappa shape index (κ3) is 2.92. The first-order chi connectivity index (χ1) is 9.30. The van der Waals surface area contributed by atoms with E-state index in [2.05, 4.69) is 20.8 Å². The summed E-state index contributed by atoms with van der Waals surface area (Å²) in [6.07, 6.45) is 0. The molecule has 1 N–H and O–H groups in total. The first-order valence-electron chi connectivity index (χ1n) is 6.35. The summed E-state index contributed by atoms with van der Waals surface area (Å²) in [5, 5.41) is 14.3. The van der Waals surface area contributed by atoms with Gasteiger partial charge in [0.15, 0.2) is 0 Å². The molecule has 0 radical (unpaired) electrons. The number of urea groups is 1. The Bertz CT molecular complexity index is 523. The second-order valence-electron chi connectivity index (χ2n) is 5.53. The first kappa shape index (κ1) is 14.8. The maximum absolute atomic E-state index is 12.2. The van der Waals surface area contributed by atoms with Gasteiger partial charge in [-0.2, -0.15) is 0 Å². The number of carbonyl (C=O) groups is 2. The maximum Gasteiger partial charge on any atom is 0.324 e. The van der Waals surface area contributed by atoms with Gasteiger partial charge in [0.25, 0.3) is 0 Å². The Labute approximate surface area is 121 Å². The van der Waals surface area contributed by atoms with Crippen LogP contribution in [-0.4, -0.2) is 55.4 Å². The van der Waals surface area contributed by atoms with E-state index in [4.69, 9.17) is 0 Å². The topological polar surface area (TPSA) is 93.0 Å². The maximum atomic E-state index is 12.2. The second-order valence-corrected chi connectivity index (χ2v) is 6.83. The van der Waals surface area contributed by atoms with Gasteiger partial charge in [-0.1, -0.05) is 11.8 Å². The van der Waals surface area contributed by atoms with Gasteiger partial charge in [0.1, 0.15) is 0 Å². The van der Waals surface area contributed by atoms with Crippen molar-refractivity contribution in [2.45, 2.75) is 43.6 Å². The van der Waals surface area contributed by atoms with E-state index < -0.39 is 5.25 Å². The van der Waals surface area contributed by atoms with Crippen LogP contribution in [0, 0.1) is 0 Å². The zero-order chi connectivity index (χ0) is 14.9. The summed E-state index contributed by atoms with van der Waals surface area (Å²) >= 11 is 1.26. The average molecular weight is 298 g/mol. The summed E-state index contributed by atoms with van der Waals surface area (Å²) in [6.45, 7) is 8.60. The van der Waals surface area contributed by atoms with E-state index in [-0.39, 0.29) is 17.5 Å². The third-order valence-corrected chi connectivity index (χ3v) is 3.85. The number of thioether (sulfide) groups is 1. The Morgan fingerprint density at radius 3 is 2.70 bits per heavy atom. The minimum absolute atomic E-state index is 0.228. The van der Waals surface area contributed by atoms with Crippen molar-refractivity contribution in [1.82, 2.24) is 30.4 Å². The Kier molecular flexibility index (Phi) is 3.98. The summed E-state index contributed by atoms with van der Waals surface area (Å²) in [5.41, 5.74) is -0.264. The number of rotatable bonds is 3. The Hall–Kier alpha value is -1.64. The van der Waals surface area contributed by atoms with Crippen LogP contribution in [0.15, 0.2) is 5.16 Å². The summed E-state index contributed by atoms with van der Waals surface area (Å²) in [5.74, 6) is -0.228. The fraction of sp³-hybridized carbons (Fsp3) is 0.727. The van der Waals surface area contributed by atoms with Crippen molar-refractivity contribution in [2.75, 3.05) is 13.1 Å². The van der Waals surface area contributed by atoms with Crippen LogP contribution in [0.5, 0.6) is 0 Å². The quantitative estimate of drug-likeness (QED) is 0.815. The number of tetrazole rings is 1. The first-order valence-corrected chi connectivity index (χ1v) is 7.23. The Morgan fingerprint density at radius 2 is 2.15 bits per heavy atom. The van der Waals surface area contributed by atoms with Crippen LogP contribution in [0.4, 0.5) is 4.79 Å². The summed E-state index contributed by atoms with van der Waals surface area (Å²) < 4.78 is 1.67.